The zero-order valence-corrected chi connectivity index (χ0v) is 13.8. The van der Waals surface area contributed by atoms with Gasteiger partial charge in [-0.25, -0.2) is 0 Å². The van der Waals surface area contributed by atoms with E-state index in [0.717, 1.165) is 4.47 Å². The number of aromatic nitrogens is 1. The van der Waals surface area contributed by atoms with Crippen LogP contribution >= 0.6 is 15.9 Å². The quantitative estimate of drug-likeness (QED) is 0.839. The Kier molecular flexibility index (Phi) is 4.51. The molecular formula is C14H18BrN3O3. The second kappa shape index (κ2) is 6.01. The van der Waals surface area contributed by atoms with E-state index in [4.69, 9.17) is 0 Å². The number of hydrogen-bond acceptors (Lipinski definition) is 3. The van der Waals surface area contributed by atoms with Crippen molar-refractivity contribution in [1.29, 1.82) is 0 Å². The smallest absolute Gasteiger partial charge is 0.271 e. The molecule has 0 spiro atoms. The van der Waals surface area contributed by atoms with Crippen molar-refractivity contribution in [1.82, 2.24) is 14.8 Å². The van der Waals surface area contributed by atoms with Crippen LogP contribution in [0.3, 0.4) is 0 Å². The minimum absolute atomic E-state index is 0.0933. The Morgan fingerprint density at radius 2 is 2.14 bits per heavy atom. The third-order valence-corrected chi connectivity index (χ3v) is 3.93. The maximum Gasteiger partial charge on any atom is 0.271 e. The summed E-state index contributed by atoms with van der Waals surface area (Å²) in [6, 6.07) is 1.21. The number of rotatable bonds is 3. The molecule has 1 aliphatic rings. The molecule has 1 fully saturated rings. The Bertz CT molecular complexity index is 594. The molecule has 6 nitrogen and oxygen atoms in total. The van der Waals surface area contributed by atoms with Crippen molar-refractivity contribution in [2.75, 3.05) is 6.54 Å². The molecule has 2 heterocycles. The van der Waals surface area contributed by atoms with Gasteiger partial charge in [0.1, 0.15) is 18.3 Å². The summed E-state index contributed by atoms with van der Waals surface area (Å²) in [5, 5.41) is 2.27. The molecule has 1 atom stereocenters. The molecule has 7 heteroatoms. The molecule has 114 valence electrons. The number of nitrogens with zero attached hydrogens (tertiary/aromatic N) is 2. The van der Waals surface area contributed by atoms with Crippen LogP contribution in [-0.2, 0) is 9.59 Å². The molecule has 21 heavy (non-hydrogen) atoms. The molecule has 1 N–H and O–H groups in total. The molecule has 0 radical (unpaired) electrons. The molecule has 2 rings (SSSR count). The number of carbonyl (C=O) groups is 3. The maximum absolute atomic E-state index is 12.8. The van der Waals surface area contributed by atoms with Gasteiger partial charge in [0.2, 0.25) is 11.8 Å². The highest BCUT2D eigenvalue weighted by atomic mass is 79.9. The fourth-order valence-electron chi connectivity index (χ4n) is 2.48. The van der Waals surface area contributed by atoms with Crippen LogP contribution in [0.5, 0.6) is 0 Å². The van der Waals surface area contributed by atoms with E-state index in [1.54, 1.807) is 6.07 Å². The highest BCUT2D eigenvalue weighted by Crippen LogP contribution is 2.22. The van der Waals surface area contributed by atoms with Crippen LogP contribution in [0.1, 0.15) is 43.7 Å². The zero-order valence-electron chi connectivity index (χ0n) is 12.2. The summed E-state index contributed by atoms with van der Waals surface area (Å²) in [7, 11) is 0. The Hall–Kier alpha value is -1.63. The second-order valence-electron chi connectivity index (χ2n) is 5.31. The molecule has 0 saturated carbocycles. The third-order valence-electron chi connectivity index (χ3n) is 3.49. The standard InChI is InChI=1S/C14H18BrN3O3/c1-4-10-13(20)16-12(19)7-18(10)14(21)11-5-9(15)6-17(11)8(2)3/h5-6,8,10H,4,7H2,1-3H3,(H,16,19,20). The number of carbonyl (C=O) groups excluding carboxylic acids is 3. The molecule has 1 aromatic rings. The molecule has 0 bridgehead atoms. The van der Waals surface area contributed by atoms with Gasteiger partial charge in [-0.15, -0.1) is 0 Å². The Labute approximate surface area is 131 Å². The summed E-state index contributed by atoms with van der Waals surface area (Å²) in [5.74, 6) is -1.16. The highest BCUT2D eigenvalue weighted by Gasteiger charge is 2.37. The number of imide groups is 1. The Morgan fingerprint density at radius 3 is 2.71 bits per heavy atom. The van der Waals surface area contributed by atoms with Gasteiger partial charge in [-0.05, 0) is 42.3 Å². The van der Waals surface area contributed by atoms with Crippen molar-refractivity contribution in [3.8, 4) is 0 Å². The monoisotopic (exact) mass is 355 g/mol. The second-order valence-corrected chi connectivity index (χ2v) is 6.23. The van der Waals surface area contributed by atoms with Crippen LogP contribution in [0.15, 0.2) is 16.7 Å². The van der Waals surface area contributed by atoms with Gasteiger partial charge in [-0.3, -0.25) is 19.7 Å². The van der Waals surface area contributed by atoms with E-state index in [9.17, 15) is 14.4 Å². The van der Waals surface area contributed by atoms with E-state index in [-0.39, 0.29) is 18.5 Å². The zero-order chi connectivity index (χ0) is 15.7. The first-order valence-corrected chi connectivity index (χ1v) is 7.66. The van der Waals surface area contributed by atoms with E-state index < -0.39 is 17.9 Å². The molecule has 1 unspecified atom stereocenters. The van der Waals surface area contributed by atoms with Gasteiger partial charge in [-0.2, -0.15) is 0 Å². The van der Waals surface area contributed by atoms with Crippen LogP contribution in [0.2, 0.25) is 0 Å². The van der Waals surface area contributed by atoms with Crippen LogP contribution in [0, 0.1) is 0 Å². The first-order valence-electron chi connectivity index (χ1n) is 6.87. The summed E-state index contributed by atoms with van der Waals surface area (Å²) in [5.41, 5.74) is 0.470. The summed E-state index contributed by atoms with van der Waals surface area (Å²) in [6.07, 6.45) is 2.29. The fourth-order valence-corrected chi connectivity index (χ4v) is 2.91. The van der Waals surface area contributed by atoms with E-state index in [1.165, 1.54) is 4.90 Å². The molecule has 1 saturated heterocycles. The predicted octanol–water partition coefficient (Wildman–Crippen LogP) is 1.71. The summed E-state index contributed by atoms with van der Waals surface area (Å²) < 4.78 is 2.62. The van der Waals surface area contributed by atoms with Gasteiger partial charge in [0.25, 0.3) is 5.91 Å². The van der Waals surface area contributed by atoms with Crippen molar-refractivity contribution in [3.63, 3.8) is 0 Å². The molecule has 3 amide bonds. The van der Waals surface area contributed by atoms with Gasteiger partial charge >= 0.3 is 0 Å². The van der Waals surface area contributed by atoms with Crippen LogP contribution in [0.4, 0.5) is 0 Å². The lowest BCUT2D eigenvalue weighted by atomic mass is 10.1. The minimum Gasteiger partial charge on any atom is -0.340 e. The molecule has 1 aliphatic heterocycles. The van der Waals surface area contributed by atoms with Crippen molar-refractivity contribution >= 4 is 33.7 Å². The lowest BCUT2D eigenvalue weighted by Gasteiger charge is -2.33. The highest BCUT2D eigenvalue weighted by molar-refractivity contribution is 9.10. The summed E-state index contributed by atoms with van der Waals surface area (Å²) in [4.78, 5) is 37.5. The van der Waals surface area contributed by atoms with Crippen LogP contribution in [-0.4, -0.2) is 39.8 Å². The van der Waals surface area contributed by atoms with Crippen molar-refractivity contribution in [2.24, 2.45) is 0 Å². The van der Waals surface area contributed by atoms with Crippen molar-refractivity contribution in [2.45, 2.75) is 39.3 Å². The van der Waals surface area contributed by atoms with E-state index in [2.05, 4.69) is 21.2 Å². The van der Waals surface area contributed by atoms with E-state index in [1.807, 2.05) is 31.5 Å². The number of halogens is 1. The summed E-state index contributed by atoms with van der Waals surface area (Å²) in [6.45, 7) is 5.66. The predicted molar refractivity (Wildman–Crippen MR) is 80.8 cm³/mol. The Balaban J connectivity index is 2.38. The normalized spacial score (nSPS) is 19.1. The molecule has 1 aromatic heterocycles. The maximum atomic E-state index is 12.8. The van der Waals surface area contributed by atoms with Crippen molar-refractivity contribution < 1.29 is 14.4 Å². The number of nitrogens with one attached hydrogen (secondary N) is 1. The van der Waals surface area contributed by atoms with Crippen LogP contribution < -0.4 is 5.32 Å². The Morgan fingerprint density at radius 1 is 1.48 bits per heavy atom. The SMILES string of the molecule is CCC1C(=O)NC(=O)CN1C(=O)c1cc(Br)cn1C(C)C. The van der Waals surface area contributed by atoms with Crippen molar-refractivity contribution in [3.05, 3.63) is 22.4 Å². The largest absolute Gasteiger partial charge is 0.340 e. The topological polar surface area (TPSA) is 71.4 Å². The van der Waals surface area contributed by atoms with Crippen LogP contribution in [0.25, 0.3) is 0 Å². The van der Waals surface area contributed by atoms with E-state index >= 15 is 0 Å². The lowest BCUT2D eigenvalue weighted by molar-refractivity contribution is -0.138. The van der Waals surface area contributed by atoms with Gasteiger partial charge in [0.15, 0.2) is 0 Å². The average Bonchev–Trinajstić information content (AvgIpc) is 2.79. The van der Waals surface area contributed by atoms with E-state index in [0.29, 0.717) is 12.1 Å². The molecule has 0 aromatic carbocycles. The van der Waals surface area contributed by atoms with Gasteiger partial charge in [0.05, 0.1) is 0 Å². The first kappa shape index (κ1) is 15.8. The lowest BCUT2D eigenvalue weighted by Crippen LogP contribution is -2.59. The first-order chi connectivity index (χ1) is 9.85. The van der Waals surface area contributed by atoms with Gasteiger partial charge in [0, 0.05) is 16.7 Å². The third kappa shape index (κ3) is 3.02. The molecular weight excluding hydrogens is 338 g/mol. The number of hydrogen-bond donors (Lipinski definition) is 1. The average molecular weight is 356 g/mol. The van der Waals surface area contributed by atoms with Gasteiger partial charge < -0.3 is 9.47 Å². The molecule has 0 aliphatic carbocycles. The minimum atomic E-state index is -0.607. The fraction of sp³-hybridized carbons (Fsp3) is 0.500. The number of amides is 3. The number of piperazine rings is 1. The summed E-state index contributed by atoms with van der Waals surface area (Å²) >= 11 is 3.36. The van der Waals surface area contributed by atoms with Gasteiger partial charge in [-0.1, -0.05) is 6.92 Å².